The monoisotopic (exact) mass is 273 g/mol. The van der Waals surface area contributed by atoms with E-state index < -0.39 is 0 Å². The van der Waals surface area contributed by atoms with Gasteiger partial charge >= 0.3 is 0 Å². The normalized spacial score (nSPS) is 16.8. The highest BCUT2D eigenvalue weighted by atomic mass is 127. The lowest BCUT2D eigenvalue weighted by atomic mass is 10.1. The van der Waals surface area contributed by atoms with E-state index in [9.17, 15) is 0 Å². The molecule has 0 N–H and O–H groups in total. The molecule has 0 aromatic carbocycles. The third-order valence-corrected chi connectivity index (χ3v) is 3.44. The zero-order chi connectivity index (χ0) is 8.39. The number of nitrogens with zero attached hydrogens (tertiary/aromatic N) is 1. The predicted molar refractivity (Wildman–Crippen MR) is 58.2 cm³/mol. The van der Waals surface area contributed by atoms with Crippen molar-refractivity contribution in [3.63, 3.8) is 0 Å². The van der Waals surface area contributed by atoms with Gasteiger partial charge in [0.05, 0.1) is 0 Å². The minimum absolute atomic E-state index is 1.19. The second-order valence-electron chi connectivity index (χ2n) is 3.28. The van der Waals surface area contributed by atoms with Gasteiger partial charge in [0, 0.05) is 15.5 Å². The first-order valence-electron chi connectivity index (χ1n) is 4.50. The number of pyridine rings is 1. The second kappa shape index (κ2) is 3.73. The maximum Gasteiger partial charge on any atom is 0.0446 e. The minimum Gasteiger partial charge on any atom is -0.261 e. The Morgan fingerprint density at radius 2 is 2.00 bits per heavy atom. The van der Waals surface area contributed by atoms with Gasteiger partial charge in [-0.3, -0.25) is 4.98 Å². The molecule has 1 aromatic rings. The van der Waals surface area contributed by atoms with Crippen LogP contribution in [0.3, 0.4) is 0 Å². The fourth-order valence-electron chi connectivity index (χ4n) is 1.76. The van der Waals surface area contributed by atoms with E-state index in [0.717, 1.165) is 0 Å². The first-order valence-corrected chi connectivity index (χ1v) is 5.58. The lowest BCUT2D eigenvalue weighted by Gasteiger charge is -2.05. The summed E-state index contributed by atoms with van der Waals surface area (Å²) >= 11 is 2.42. The van der Waals surface area contributed by atoms with Crippen LogP contribution in [0, 0.1) is 3.57 Å². The lowest BCUT2D eigenvalue weighted by Crippen LogP contribution is -1.97. The summed E-state index contributed by atoms with van der Waals surface area (Å²) in [5.41, 5.74) is 2.86. The van der Waals surface area contributed by atoms with Crippen molar-refractivity contribution in [3.05, 3.63) is 27.1 Å². The molecule has 0 saturated carbocycles. The van der Waals surface area contributed by atoms with Crippen LogP contribution in [-0.4, -0.2) is 4.98 Å². The van der Waals surface area contributed by atoms with Gasteiger partial charge < -0.3 is 0 Å². The maximum atomic E-state index is 4.44. The number of aromatic nitrogens is 1. The number of rotatable bonds is 0. The van der Waals surface area contributed by atoms with E-state index >= 15 is 0 Å². The van der Waals surface area contributed by atoms with Crippen LogP contribution in [0.4, 0.5) is 0 Å². The van der Waals surface area contributed by atoms with Crippen LogP contribution in [0.1, 0.15) is 30.5 Å². The molecule has 12 heavy (non-hydrogen) atoms. The van der Waals surface area contributed by atoms with Gasteiger partial charge in [0.1, 0.15) is 0 Å². The predicted octanol–water partition coefficient (Wildman–Crippen LogP) is 2.96. The minimum atomic E-state index is 1.19. The molecule has 1 aliphatic carbocycles. The molecule has 0 atom stereocenters. The summed E-state index contributed by atoms with van der Waals surface area (Å²) < 4.78 is 1.40. The summed E-state index contributed by atoms with van der Waals surface area (Å²) in [5, 5.41) is 0. The third kappa shape index (κ3) is 1.63. The molecule has 2 heteroatoms. The smallest absolute Gasteiger partial charge is 0.0446 e. The molecule has 0 saturated heterocycles. The van der Waals surface area contributed by atoms with Crippen molar-refractivity contribution in [2.45, 2.75) is 32.1 Å². The van der Waals surface area contributed by atoms with Crippen molar-refractivity contribution in [2.24, 2.45) is 0 Å². The standard InChI is InChI=1S/C10H12IN/c11-9-6-7-12-10-5-3-1-2-4-8(9)10/h6-7H,1-5H2. The average Bonchev–Trinajstić information content (AvgIpc) is 2.30. The highest BCUT2D eigenvalue weighted by molar-refractivity contribution is 14.1. The van der Waals surface area contributed by atoms with Crippen molar-refractivity contribution in [3.8, 4) is 0 Å². The second-order valence-corrected chi connectivity index (χ2v) is 4.44. The Kier molecular flexibility index (Phi) is 2.63. The van der Waals surface area contributed by atoms with Gasteiger partial charge in [-0.25, -0.2) is 0 Å². The van der Waals surface area contributed by atoms with E-state index in [0.29, 0.717) is 0 Å². The first kappa shape index (κ1) is 8.48. The van der Waals surface area contributed by atoms with Crippen molar-refractivity contribution < 1.29 is 0 Å². The van der Waals surface area contributed by atoms with Crippen LogP contribution in [0.25, 0.3) is 0 Å². The van der Waals surface area contributed by atoms with Crippen LogP contribution in [-0.2, 0) is 12.8 Å². The summed E-state index contributed by atoms with van der Waals surface area (Å²) in [6.45, 7) is 0. The van der Waals surface area contributed by atoms with Crippen LogP contribution in [0.5, 0.6) is 0 Å². The first-order chi connectivity index (χ1) is 5.88. The molecule has 0 unspecified atom stereocenters. The van der Waals surface area contributed by atoms with E-state index in [2.05, 4.69) is 33.6 Å². The van der Waals surface area contributed by atoms with Gasteiger partial charge in [0.25, 0.3) is 0 Å². The Morgan fingerprint density at radius 1 is 1.17 bits per heavy atom. The highest BCUT2D eigenvalue weighted by Crippen LogP contribution is 2.22. The Bertz CT molecular complexity index is 283. The largest absolute Gasteiger partial charge is 0.261 e. The number of hydrogen-bond donors (Lipinski definition) is 0. The number of halogens is 1. The molecule has 0 fully saturated rings. The van der Waals surface area contributed by atoms with E-state index in [1.54, 1.807) is 0 Å². The summed E-state index contributed by atoms with van der Waals surface area (Å²) in [5.74, 6) is 0. The van der Waals surface area contributed by atoms with Crippen LogP contribution < -0.4 is 0 Å². The van der Waals surface area contributed by atoms with Gasteiger partial charge in [-0.05, 0) is 59.9 Å². The molecule has 0 amide bonds. The molecule has 0 aliphatic heterocycles. The molecule has 1 heterocycles. The fourth-order valence-corrected chi connectivity index (χ4v) is 2.50. The van der Waals surface area contributed by atoms with Crippen molar-refractivity contribution in [1.29, 1.82) is 0 Å². The Morgan fingerprint density at radius 3 is 2.92 bits per heavy atom. The van der Waals surface area contributed by atoms with Crippen LogP contribution in [0.15, 0.2) is 12.3 Å². The van der Waals surface area contributed by atoms with Crippen LogP contribution in [0.2, 0.25) is 0 Å². The van der Waals surface area contributed by atoms with Gasteiger partial charge in [-0.15, -0.1) is 0 Å². The van der Waals surface area contributed by atoms with Crippen molar-refractivity contribution in [1.82, 2.24) is 4.98 Å². The summed E-state index contributed by atoms with van der Waals surface area (Å²) in [4.78, 5) is 4.44. The Labute approximate surface area is 86.7 Å². The maximum absolute atomic E-state index is 4.44. The fraction of sp³-hybridized carbons (Fsp3) is 0.500. The molecule has 2 rings (SSSR count). The molecule has 64 valence electrons. The van der Waals surface area contributed by atoms with Crippen molar-refractivity contribution in [2.75, 3.05) is 0 Å². The third-order valence-electron chi connectivity index (χ3n) is 2.43. The summed E-state index contributed by atoms with van der Waals surface area (Å²) in [6.07, 6.45) is 8.39. The van der Waals surface area contributed by atoms with E-state index in [4.69, 9.17) is 0 Å². The highest BCUT2D eigenvalue weighted by Gasteiger charge is 2.10. The summed E-state index contributed by atoms with van der Waals surface area (Å²) in [7, 11) is 0. The van der Waals surface area contributed by atoms with Crippen LogP contribution >= 0.6 is 22.6 Å². The van der Waals surface area contributed by atoms with Gasteiger partial charge in [0.15, 0.2) is 0 Å². The van der Waals surface area contributed by atoms with Gasteiger partial charge in [-0.2, -0.15) is 0 Å². The molecule has 0 radical (unpaired) electrons. The van der Waals surface area contributed by atoms with Crippen molar-refractivity contribution >= 4 is 22.6 Å². The topological polar surface area (TPSA) is 12.9 Å². The zero-order valence-corrected chi connectivity index (χ0v) is 9.17. The van der Waals surface area contributed by atoms with Gasteiger partial charge in [-0.1, -0.05) is 6.42 Å². The van der Waals surface area contributed by atoms with E-state index in [1.807, 2.05) is 6.20 Å². The molecular formula is C10H12IN. The number of aryl methyl sites for hydroxylation is 1. The van der Waals surface area contributed by atoms with E-state index in [-0.39, 0.29) is 0 Å². The zero-order valence-electron chi connectivity index (χ0n) is 7.02. The molecule has 1 aliphatic rings. The quantitative estimate of drug-likeness (QED) is 0.523. The van der Waals surface area contributed by atoms with Gasteiger partial charge in [0.2, 0.25) is 0 Å². The Hall–Kier alpha value is -0.120. The van der Waals surface area contributed by atoms with E-state index in [1.165, 1.54) is 46.9 Å². The SMILES string of the molecule is Ic1ccnc2c1CCCCC2. The summed E-state index contributed by atoms with van der Waals surface area (Å²) in [6, 6.07) is 2.12. The number of hydrogen-bond acceptors (Lipinski definition) is 1. The lowest BCUT2D eigenvalue weighted by molar-refractivity contribution is 0.708. The average molecular weight is 273 g/mol. The molecular weight excluding hydrogens is 261 g/mol. The molecule has 1 nitrogen and oxygen atoms in total. The molecule has 0 bridgehead atoms. The number of fused-ring (bicyclic) bond motifs is 1. The Balaban J connectivity index is 2.42. The molecule has 0 spiro atoms. The molecule has 1 aromatic heterocycles.